The molecule has 0 spiro atoms. The van der Waals surface area contributed by atoms with Crippen LogP contribution < -0.4 is 5.32 Å². The minimum Gasteiger partial charge on any atom is -0.310 e. The van der Waals surface area contributed by atoms with E-state index in [1.165, 1.54) is 31.7 Å². The molecule has 2 rings (SSSR count). The van der Waals surface area contributed by atoms with Crippen molar-refractivity contribution in [1.82, 2.24) is 5.32 Å². The molecule has 0 bridgehead atoms. The van der Waals surface area contributed by atoms with Gasteiger partial charge in [0.2, 0.25) is 0 Å². The van der Waals surface area contributed by atoms with Gasteiger partial charge in [-0.05, 0) is 25.0 Å². The minimum atomic E-state index is -0.130. The molecule has 0 heterocycles. The minimum absolute atomic E-state index is 0. The molecule has 0 saturated heterocycles. The first kappa shape index (κ1) is 13.9. The van der Waals surface area contributed by atoms with Crippen LogP contribution >= 0.6 is 28.3 Å². The first-order chi connectivity index (χ1) is 7.25. The molecular formula is C12H16BrClFN. The fraction of sp³-hybridized carbons (Fsp3) is 0.500. The van der Waals surface area contributed by atoms with Gasteiger partial charge in [0.15, 0.2) is 0 Å². The van der Waals surface area contributed by atoms with Crippen molar-refractivity contribution >= 4 is 28.3 Å². The molecule has 1 aromatic rings. The Hall–Kier alpha value is -0.120. The summed E-state index contributed by atoms with van der Waals surface area (Å²) in [5.74, 6) is -0.130. The summed E-state index contributed by atoms with van der Waals surface area (Å²) in [5.41, 5.74) is 0.755. The average molecular weight is 309 g/mol. The molecule has 0 atom stereocenters. The van der Waals surface area contributed by atoms with Crippen LogP contribution in [0, 0.1) is 5.82 Å². The van der Waals surface area contributed by atoms with Gasteiger partial charge in [-0.2, -0.15) is 0 Å². The van der Waals surface area contributed by atoms with E-state index in [-0.39, 0.29) is 18.2 Å². The molecule has 0 unspecified atom stereocenters. The van der Waals surface area contributed by atoms with Crippen molar-refractivity contribution in [2.45, 2.75) is 38.3 Å². The largest absolute Gasteiger partial charge is 0.310 e. The number of hydrogen-bond acceptors (Lipinski definition) is 1. The molecule has 90 valence electrons. The maximum atomic E-state index is 13.5. The Balaban J connectivity index is 0.00000128. The van der Waals surface area contributed by atoms with E-state index in [4.69, 9.17) is 0 Å². The van der Waals surface area contributed by atoms with E-state index in [2.05, 4.69) is 21.2 Å². The Morgan fingerprint density at radius 1 is 1.31 bits per heavy atom. The molecule has 1 aliphatic carbocycles. The van der Waals surface area contributed by atoms with Crippen molar-refractivity contribution < 1.29 is 4.39 Å². The highest BCUT2D eigenvalue weighted by Gasteiger charge is 2.14. The maximum absolute atomic E-state index is 13.5. The molecule has 0 amide bonds. The van der Waals surface area contributed by atoms with Crippen molar-refractivity contribution in [3.05, 3.63) is 34.1 Å². The molecule has 1 saturated carbocycles. The Morgan fingerprint density at radius 2 is 2.00 bits per heavy atom. The van der Waals surface area contributed by atoms with E-state index in [1.807, 2.05) is 12.1 Å². The summed E-state index contributed by atoms with van der Waals surface area (Å²) in [6.07, 6.45) is 5.08. The van der Waals surface area contributed by atoms with E-state index in [9.17, 15) is 4.39 Å². The lowest BCUT2D eigenvalue weighted by Crippen LogP contribution is -2.25. The zero-order chi connectivity index (χ0) is 10.7. The van der Waals surface area contributed by atoms with E-state index >= 15 is 0 Å². The van der Waals surface area contributed by atoms with Crippen molar-refractivity contribution in [2.75, 3.05) is 0 Å². The van der Waals surface area contributed by atoms with Crippen molar-refractivity contribution in [3.63, 3.8) is 0 Å². The van der Waals surface area contributed by atoms with E-state index in [0.717, 1.165) is 10.0 Å². The third-order valence-corrected chi connectivity index (χ3v) is 3.44. The highest BCUT2D eigenvalue weighted by Crippen LogP contribution is 2.19. The predicted molar refractivity (Wildman–Crippen MR) is 70.4 cm³/mol. The SMILES string of the molecule is Cl.Fc1cc(Br)ccc1CNC1CCCC1. The van der Waals surface area contributed by atoms with Crippen molar-refractivity contribution in [2.24, 2.45) is 0 Å². The molecule has 0 aromatic heterocycles. The second-order valence-electron chi connectivity index (χ2n) is 4.10. The lowest BCUT2D eigenvalue weighted by Gasteiger charge is -2.12. The van der Waals surface area contributed by atoms with Gasteiger partial charge in [-0.15, -0.1) is 12.4 Å². The van der Waals surface area contributed by atoms with Crippen LogP contribution in [0.25, 0.3) is 0 Å². The Bertz CT molecular complexity index is 340. The number of hydrogen-bond donors (Lipinski definition) is 1. The van der Waals surface area contributed by atoms with Crippen LogP contribution in [-0.4, -0.2) is 6.04 Å². The summed E-state index contributed by atoms with van der Waals surface area (Å²) >= 11 is 3.25. The normalized spacial score (nSPS) is 16.1. The number of benzene rings is 1. The second kappa shape index (κ2) is 6.58. The van der Waals surface area contributed by atoms with Crippen LogP contribution in [0.3, 0.4) is 0 Å². The molecule has 0 aliphatic heterocycles. The molecule has 1 fully saturated rings. The van der Waals surface area contributed by atoms with Gasteiger partial charge >= 0.3 is 0 Å². The average Bonchev–Trinajstić information content (AvgIpc) is 2.69. The highest BCUT2D eigenvalue weighted by atomic mass is 79.9. The molecule has 1 nitrogen and oxygen atoms in total. The van der Waals surface area contributed by atoms with Crippen LogP contribution in [0.5, 0.6) is 0 Å². The first-order valence-corrected chi connectivity index (χ1v) is 6.22. The monoisotopic (exact) mass is 307 g/mol. The van der Waals surface area contributed by atoms with Gasteiger partial charge in [0.1, 0.15) is 5.82 Å². The van der Waals surface area contributed by atoms with E-state index in [0.29, 0.717) is 12.6 Å². The van der Waals surface area contributed by atoms with Gasteiger partial charge in [-0.1, -0.05) is 34.8 Å². The zero-order valence-corrected chi connectivity index (χ0v) is 11.4. The van der Waals surface area contributed by atoms with Crippen molar-refractivity contribution in [3.8, 4) is 0 Å². The molecule has 1 aliphatic rings. The first-order valence-electron chi connectivity index (χ1n) is 5.43. The molecule has 1 aromatic carbocycles. The van der Waals surface area contributed by atoms with Crippen molar-refractivity contribution in [1.29, 1.82) is 0 Å². The summed E-state index contributed by atoms with van der Waals surface area (Å²) in [4.78, 5) is 0. The second-order valence-corrected chi connectivity index (χ2v) is 5.01. The van der Waals surface area contributed by atoms with E-state index in [1.54, 1.807) is 0 Å². The highest BCUT2D eigenvalue weighted by molar-refractivity contribution is 9.10. The number of halogens is 3. The molecule has 1 N–H and O–H groups in total. The third-order valence-electron chi connectivity index (χ3n) is 2.95. The standard InChI is InChI=1S/C12H15BrFN.ClH/c13-10-6-5-9(12(14)7-10)8-15-11-3-1-2-4-11;/h5-7,11,15H,1-4,8H2;1H. The van der Waals surface area contributed by atoms with Crippen LogP contribution in [0.4, 0.5) is 4.39 Å². The molecule has 0 radical (unpaired) electrons. The quantitative estimate of drug-likeness (QED) is 0.888. The van der Waals surface area contributed by atoms with Gasteiger partial charge in [0.25, 0.3) is 0 Å². The van der Waals surface area contributed by atoms with Crippen LogP contribution in [0.15, 0.2) is 22.7 Å². The molecule has 4 heteroatoms. The van der Waals surface area contributed by atoms with Gasteiger partial charge in [0, 0.05) is 22.6 Å². The number of rotatable bonds is 3. The number of nitrogens with one attached hydrogen (secondary N) is 1. The van der Waals surface area contributed by atoms with Crippen LogP contribution in [0.2, 0.25) is 0 Å². The van der Waals surface area contributed by atoms with Gasteiger partial charge in [-0.3, -0.25) is 0 Å². The van der Waals surface area contributed by atoms with Crippen LogP contribution in [-0.2, 0) is 6.54 Å². The predicted octanol–water partition coefficient (Wildman–Crippen LogP) is 4.04. The lowest BCUT2D eigenvalue weighted by molar-refractivity contribution is 0.508. The molecular weight excluding hydrogens is 292 g/mol. The van der Waals surface area contributed by atoms with Gasteiger partial charge in [-0.25, -0.2) is 4.39 Å². The van der Waals surface area contributed by atoms with Gasteiger partial charge < -0.3 is 5.32 Å². The third kappa shape index (κ3) is 3.72. The van der Waals surface area contributed by atoms with Gasteiger partial charge in [0.05, 0.1) is 0 Å². The summed E-state index contributed by atoms with van der Waals surface area (Å²) in [6, 6.07) is 5.83. The summed E-state index contributed by atoms with van der Waals surface area (Å²) in [5, 5.41) is 3.40. The summed E-state index contributed by atoms with van der Waals surface area (Å²) in [7, 11) is 0. The summed E-state index contributed by atoms with van der Waals surface area (Å²) in [6.45, 7) is 0.643. The fourth-order valence-electron chi connectivity index (χ4n) is 2.05. The summed E-state index contributed by atoms with van der Waals surface area (Å²) < 4.78 is 14.3. The smallest absolute Gasteiger partial charge is 0.128 e. The lowest BCUT2D eigenvalue weighted by atomic mass is 10.2. The maximum Gasteiger partial charge on any atom is 0.128 e. The fourth-order valence-corrected chi connectivity index (χ4v) is 2.38. The topological polar surface area (TPSA) is 12.0 Å². The Kier molecular flexibility index (Phi) is 5.73. The zero-order valence-electron chi connectivity index (χ0n) is 9.01. The molecule has 16 heavy (non-hydrogen) atoms. The Labute approximate surface area is 110 Å². The van der Waals surface area contributed by atoms with E-state index < -0.39 is 0 Å². The van der Waals surface area contributed by atoms with Crippen LogP contribution in [0.1, 0.15) is 31.2 Å². The Morgan fingerprint density at radius 3 is 2.62 bits per heavy atom.